The second-order valence-electron chi connectivity index (χ2n) is 10.3. The smallest absolute Gasteiger partial charge is 0.119 e. The third-order valence-electron chi connectivity index (χ3n) is 8.99. The fourth-order valence-electron chi connectivity index (χ4n) is 7.66. The van der Waals surface area contributed by atoms with Crippen molar-refractivity contribution in [3.8, 4) is 5.75 Å². The Kier molecular flexibility index (Phi) is 4.39. The van der Waals surface area contributed by atoms with Crippen molar-refractivity contribution in [2.75, 3.05) is 0 Å². The first kappa shape index (κ1) is 18.1. The van der Waals surface area contributed by atoms with Crippen LogP contribution >= 0.6 is 11.6 Å². The van der Waals surface area contributed by atoms with Crippen LogP contribution in [0.1, 0.15) is 65.2 Å². The average molecular weight is 385 g/mol. The Morgan fingerprint density at radius 1 is 0.963 bits per heavy atom. The summed E-state index contributed by atoms with van der Waals surface area (Å²) in [4.78, 5) is 0. The SMILES string of the molecule is C[C@@]12CCC[C@H]1[C@@H]1C[C@@H](Oc3ccc(Cl)cc3)[C@H]3CCC=C[C@]3(C)[C@H]1CC2. The quantitative estimate of drug-likeness (QED) is 0.486. The first-order valence-corrected chi connectivity index (χ1v) is 11.5. The number of fused-ring (bicyclic) bond motifs is 5. The Hall–Kier alpha value is -0.950. The van der Waals surface area contributed by atoms with Gasteiger partial charge in [-0.1, -0.05) is 44.0 Å². The molecule has 0 aliphatic heterocycles. The molecule has 7 atom stereocenters. The molecular weight excluding hydrogens is 352 g/mol. The molecule has 4 aliphatic carbocycles. The van der Waals surface area contributed by atoms with Crippen LogP contribution in [0.5, 0.6) is 5.75 Å². The number of hydrogen-bond acceptors (Lipinski definition) is 1. The van der Waals surface area contributed by atoms with Gasteiger partial charge in [0.05, 0.1) is 0 Å². The predicted octanol–water partition coefficient (Wildman–Crippen LogP) is 7.30. The Bertz CT molecular complexity index is 724. The lowest BCUT2D eigenvalue weighted by Crippen LogP contribution is -2.56. The normalized spacial score (nSPS) is 45.7. The molecule has 0 saturated heterocycles. The summed E-state index contributed by atoms with van der Waals surface area (Å²) in [6.07, 6.45) is 16.3. The van der Waals surface area contributed by atoms with Crippen molar-refractivity contribution in [1.82, 2.24) is 0 Å². The molecule has 4 aliphatic rings. The van der Waals surface area contributed by atoms with Crippen LogP contribution in [-0.2, 0) is 0 Å². The molecule has 0 N–H and O–H groups in total. The monoisotopic (exact) mass is 384 g/mol. The van der Waals surface area contributed by atoms with Gasteiger partial charge >= 0.3 is 0 Å². The van der Waals surface area contributed by atoms with E-state index in [2.05, 4.69) is 26.0 Å². The lowest BCUT2D eigenvalue weighted by Gasteiger charge is -2.60. The number of hydrogen-bond donors (Lipinski definition) is 0. The van der Waals surface area contributed by atoms with E-state index in [-0.39, 0.29) is 0 Å². The number of rotatable bonds is 2. The van der Waals surface area contributed by atoms with Gasteiger partial charge in [0.1, 0.15) is 11.9 Å². The Morgan fingerprint density at radius 2 is 1.78 bits per heavy atom. The van der Waals surface area contributed by atoms with Crippen molar-refractivity contribution in [1.29, 1.82) is 0 Å². The van der Waals surface area contributed by atoms with Gasteiger partial charge in [0.15, 0.2) is 0 Å². The van der Waals surface area contributed by atoms with E-state index in [0.29, 0.717) is 22.9 Å². The predicted molar refractivity (Wildman–Crippen MR) is 112 cm³/mol. The number of ether oxygens (including phenoxy) is 1. The van der Waals surface area contributed by atoms with E-state index in [1.54, 1.807) is 0 Å². The highest BCUT2D eigenvalue weighted by atomic mass is 35.5. The van der Waals surface area contributed by atoms with Crippen molar-refractivity contribution in [3.05, 3.63) is 41.4 Å². The minimum atomic E-state index is 0.308. The van der Waals surface area contributed by atoms with Gasteiger partial charge < -0.3 is 4.74 Å². The van der Waals surface area contributed by atoms with Crippen molar-refractivity contribution < 1.29 is 4.74 Å². The summed E-state index contributed by atoms with van der Waals surface area (Å²) in [7, 11) is 0. The fraction of sp³-hybridized carbons (Fsp3) is 0.680. The first-order valence-electron chi connectivity index (χ1n) is 11.1. The minimum absolute atomic E-state index is 0.308. The highest BCUT2D eigenvalue weighted by Gasteiger charge is 2.59. The molecule has 0 spiro atoms. The van der Waals surface area contributed by atoms with Crippen LogP contribution in [0, 0.1) is 34.5 Å². The van der Waals surface area contributed by atoms with Crippen LogP contribution in [0.15, 0.2) is 36.4 Å². The van der Waals surface area contributed by atoms with Gasteiger partial charge in [-0.3, -0.25) is 0 Å². The highest BCUT2D eigenvalue weighted by molar-refractivity contribution is 6.30. The molecule has 3 fully saturated rings. The zero-order valence-corrected chi connectivity index (χ0v) is 17.5. The van der Waals surface area contributed by atoms with E-state index in [4.69, 9.17) is 16.3 Å². The van der Waals surface area contributed by atoms with Crippen LogP contribution in [0.4, 0.5) is 0 Å². The van der Waals surface area contributed by atoms with Crippen molar-refractivity contribution >= 4 is 11.6 Å². The van der Waals surface area contributed by atoms with Crippen LogP contribution in [0.25, 0.3) is 0 Å². The van der Waals surface area contributed by atoms with Crippen molar-refractivity contribution in [3.63, 3.8) is 0 Å². The van der Waals surface area contributed by atoms with E-state index in [1.807, 2.05) is 24.3 Å². The first-order chi connectivity index (χ1) is 13.0. The lowest BCUT2D eigenvalue weighted by atomic mass is 9.46. The van der Waals surface area contributed by atoms with Gasteiger partial charge in [-0.05, 0) is 97.8 Å². The molecule has 0 unspecified atom stereocenters. The molecule has 27 heavy (non-hydrogen) atoms. The fourth-order valence-corrected chi connectivity index (χ4v) is 7.79. The molecule has 1 aromatic rings. The van der Waals surface area contributed by atoms with Gasteiger partial charge in [-0.25, -0.2) is 0 Å². The topological polar surface area (TPSA) is 9.23 Å². The molecule has 0 bridgehead atoms. The zero-order chi connectivity index (χ0) is 18.6. The van der Waals surface area contributed by atoms with Gasteiger partial charge in [-0.15, -0.1) is 0 Å². The average Bonchev–Trinajstić information content (AvgIpc) is 3.05. The molecule has 146 valence electrons. The third-order valence-corrected chi connectivity index (χ3v) is 9.24. The van der Waals surface area contributed by atoms with E-state index in [1.165, 1.54) is 51.4 Å². The van der Waals surface area contributed by atoms with Gasteiger partial charge in [0, 0.05) is 10.9 Å². The Labute approximate surface area is 169 Å². The summed E-state index contributed by atoms with van der Waals surface area (Å²) in [6, 6.07) is 8.00. The van der Waals surface area contributed by atoms with Crippen LogP contribution in [0.2, 0.25) is 5.02 Å². The summed E-state index contributed by atoms with van der Waals surface area (Å²) in [5, 5.41) is 0.783. The molecule has 0 amide bonds. The Morgan fingerprint density at radius 3 is 2.59 bits per heavy atom. The largest absolute Gasteiger partial charge is 0.490 e. The molecule has 0 heterocycles. The van der Waals surface area contributed by atoms with E-state index < -0.39 is 0 Å². The summed E-state index contributed by atoms with van der Waals surface area (Å²) in [6.45, 7) is 5.14. The second-order valence-corrected chi connectivity index (χ2v) is 10.7. The molecule has 0 aromatic heterocycles. The molecule has 1 aromatic carbocycles. The maximum absolute atomic E-state index is 6.68. The molecular formula is C25H33ClO. The van der Waals surface area contributed by atoms with Crippen molar-refractivity contribution in [2.45, 2.75) is 71.3 Å². The number of allylic oxidation sites excluding steroid dienone is 2. The van der Waals surface area contributed by atoms with E-state index >= 15 is 0 Å². The molecule has 1 nitrogen and oxygen atoms in total. The lowest BCUT2D eigenvalue weighted by molar-refractivity contribution is -0.115. The van der Waals surface area contributed by atoms with Gasteiger partial charge in [-0.2, -0.15) is 0 Å². The molecule has 2 heteroatoms. The maximum Gasteiger partial charge on any atom is 0.119 e. The maximum atomic E-state index is 6.68. The standard InChI is InChI=1S/C25H33ClO/c1-24-13-5-7-20(24)19-16-23(27-18-10-8-17(26)9-11-18)22-6-3-4-14-25(22,2)21(19)12-15-24/h4,8-11,14,19-23H,3,5-7,12-13,15-16H2,1-2H3/t19-,20-,21-,22+,23+,24-,25+/m0/s1. The minimum Gasteiger partial charge on any atom is -0.490 e. The summed E-state index contributed by atoms with van der Waals surface area (Å²) < 4.78 is 6.68. The highest BCUT2D eigenvalue weighted by Crippen LogP contribution is 2.65. The van der Waals surface area contributed by atoms with E-state index in [0.717, 1.165) is 28.5 Å². The van der Waals surface area contributed by atoms with Crippen LogP contribution in [0.3, 0.4) is 0 Å². The zero-order valence-electron chi connectivity index (χ0n) is 16.8. The van der Waals surface area contributed by atoms with Gasteiger partial charge in [0.2, 0.25) is 0 Å². The Balaban J connectivity index is 1.48. The molecule has 0 radical (unpaired) electrons. The summed E-state index contributed by atoms with van der Waals surface area (Å²) in [5.41, 5.74) is 0.899. The summed E-state index contributed by atoms with van der Waals surface area (Å²) >= 11 is 6.09. The third kappa shape index (κ3) is 2.87. The number of benzene rings is 1. The molecule has 3 saturated carbocycles. The van der Waals surface area contributed by atoms with Gasteiger partial charge in [0.25, 0.3) is 0 Å². The van der Waals surface area contributed by atoms with Crippen LogP contribution in [-0.4, -0.2) is 6.10 Å². The van der Waals surface area contributed by atoms with Crippen molar-refractivity contribution in [2.24, 2.45) is 34.5 Å². The van der Waals surface area contributed by atoms with E-state index in [9.17, 15) is 0 Å². The second kappa shape index (κ2) is 6.55. The summed E-state index contributed by atoms with van der Waals surface area (Å²) in [5.74, 6) is 4.21. The molecule has 5 rings (SSSR count). The number of halogens is 1. The van der Waals surface area contributed by atoms with Crippen LogP contribution < -0.4 is 4.74 Å².